The Hall–Kier alpha value is -1.36. The summed E-state index contributed by atoms with van der Waals surface area (Å²) in [5.74, 6) is -0.182. The SMILES string of the molecule is C[C@H](CN)NC(=O)c1ccn(C)n1. The maximum absolute atomic E-state index is 11.4. The molecule has 0 aromatic carbocycles. The molecule has 5 heteroatoms. The number of nitrogens with two attached hydrogens (primary N) is 1. The number of rotatable bonds is 3. The lowest BCUT2D eigenvalue weighted by Gasteiger charge is -2.08. The molecule has 3 N–H and O–H groups in total. The molecule has 0 bridgehead atoms. The van der Waals surface area contributed by atoms with E-state index in [9.17, 15) is 4.79 Å². The first kappa shape index (κ1) is 9.73. The normalized spacial score (nSPS) is 12.5. The van der Waals surface area contributed by atoms with E-state index in [1.807, 2.05) is 6.92 Å². The summed E-state index contributed by atoms with van der Waals surface area (Å²) in [6.07, 6.45) is 1.72. The first-order chi connectivity index (χ1) is 6.13. The van der Waals surface area contributed by atoms with Crippen molar-refractivity contribution in [2.24, 2.45) is 12.8 Å². The Morgan fingerprint density at radius 2 is 2.54 bits per heavy atom. The van der Waals surface area contributed by atoms with Gasteiger partial charge in [0.15, 0.2) is 0 Å². The molecule has 0 saturated heterocycles. The smallest absolute Gasteiger partial charge is 0.272 e. The average Bonchev–Trinajstić information content (AvgIpc) is 2.51. The van der Waals surface area contributed by atoms with Gasteiger partial charge in [0.1, 0.15) is 5.69 Å². The van der Waals surface area contributed by atoms with Crippen LogP contribution >= 0.6 is 0 Å². The quantitative estimate of drug-likeness (QED) is 0.661. The van der Waals surface area contributed by atoms with Crippen LogP contribution in [0.2, 0.25) is 0 Å². The van der Waals surface area contributed by atoms with E-state index < -0.39 is 0 Å². The zero-order valence-corrected chi connectivity index (χ0v) is 7.82. The first-order valence-corrected chi connectivity index (χ1v) is 4.14. The van der Waals surface area contributed by atoms with Gasteiger partial charge in [-0.1, -0.05) is 0 Å². The number of hydrogen-bond acceptors (Lipinski definition) is 3. The second-order valence-corrected chi connectivity index (χ2v) is 2.98. The van der Waals surface area contributed by atoms with Crippen LogP contribution in [0.1, 0.15) is 17.4 Å². The molecule has 5 nitrogen and oxygen atoms in total. The minimum absolute atomic E-state index is 0.0190. The Balaban J connectivity index is 2.58. The van der Waals surface area contributed by atoms with Crippen LogP contribution in [0.3, 0.4) is 0 Å². The minimum Gasteiger partial charge on any atom is -0.347 e. The molecule has 1 heterocycles. The predicted octanol–water partition coefficient (Wildman–Crippen LogP) is -0.503. The van der Waals surface area contributed by atoms with Crippen LogP contribution in [0.5, 0.6) is 0 Å². The number of nitrogens with zero attached hydrogens (tertiary/aromatic N) is 2. The number of amides is 1. The Kier molecular flexibility index (Phi) is 3.02. The van der Waals surface area contributed by atoms with Crippen molar-refractivity contribution in [3.63, 3.8) is 0 Å². The van der Waals surface area contributed by atoms with Crippen LogP contribution < -0.4 is 11.1 Å². The van der Waals surface area contributed by atoms with Crippen molar-refractivity contribution in [1.82, 2.24) is 15.1 Å². The molecule has 1 atom stereocenters. The Morgan fingerprint density at radius 3 is 3.00 bits per heavy atom. The molecule has 0 aliphatic rings. The number of aryl methyl sites for hydroxylation is 1. The molecule has 72 valence electrons. The number of nitrogens with one attached hydrogen (secondary N) is 1. The number of aromatic nitrogens is 2. The summed E-state index contributed by atoms with van der Waals surface area (Å²) in [6.45, 7) is 2.28. The van der Waals surface area contributed by atoms with Gasteiger partial charge in [-0.2, -0.15) is 5.10 Å². The zero-order valence-electron chi connectivity index (χ0n) is 7.82. The monoisotopic (exact) mass is 182 g/mol. The summed E-state index contributed by atoms with van der Waals surface area (Å²) in [5.41, 5.74) is 5.78. The molecule has 1 aromatic heterocycles. The highest BCUT2D eigenvalue weighted by atomic mass is 16.2. The third-order valence-electron chi connectivity index (χ3n) is 1.68. The van der Waals surface area contributed by atoms with Crippen molar-refractivity contribution in [2.45, 2.75) is 13.0 Å². The summed E-state index contributed by atoms with van der Waals surface area (Å²) < 4.78 is 1.59. The molecule has 1 amide bonds. The standard InChI is InChI=1S/C8H14N4O/c1-6(5-9)10-8(13)7-3-4-12(2)11-7/h3-4,6H,5,9H2,1-2H3,(H,10,13)/t6-/m1/s1. The van der Waals surface area contributed by atoms with Gasteiger partial charge < -0.3 is 11.1 Å². The fourth-order valence-electron chi connectivity index (χ4n) is 0.893. The van der Waals surface area contributed by atoms with Crippen molar-refractivity contribution in [2.75, 3.05) is 6.54 Å². The third-order valence-corrected chi connectivity index (χ3v) is 1.68. The van der Waals surface area contributed by atoms with Gasteiger partial charge in [-0.05, 0) is 13.0 Å². The second-order valence-electron chi connectivity index (χ2n) is 2.98. The molecule has 0 unspecified atom stereocenters. The summed E-state index contributed by atoms with van der Waals surface area (Å²) in [7, 11) is 1.77. The lowest BCUT2D eigenvalue weighted by molar-refractivity contribution is 0.0935. The van der Waals surface area contributed by atoms with E-state index >= 15 is 0 Å². The van der Waals surface area contributed by atoms with E-state index in [0.717, 1.165) is 0 Å². The highest BCUT2D eigenvalue weighted by molar-refractivity contribution is 5.92. The molecule has 13 heavy (non-hydrogen) atoms. The fraction of sp³-hybridized carbons (Fsp3) is 0.500. The number of hydrogen-bond donors (Lipinski definition) is 2. The molecule has 0 fully saturated rings. The summed E-state index contributed by atoms with van der Waals surface area (Å²) in [6, 6.07) is 1.65. The Labute approximate surface area is 76.9 Å². The van der Waals surface area contributed by atoms with Gasteiger partial charge in [0, 0.05) is 25.8 Å². The third kappa shape index (κ3) is 2.55. The fourth-order valence-corrected chi connectivity index (χ4v) is 0.893. The van der Waals surface area contributed by atoms with Crippen LogP contribution in [0, 0.1) is 0 Å². The van der Waals surface area contributed by atoms with E-state index in [-0.39, 0.29) is 11.9 Å². The number of carbonyl (C=O) groups is 1. The summed E-state index contributed by atoms with van der Waals surface area (Å²) in [5, 5.41) is 6.68. The van der Waals surface area contributed by atoms with Gasteiger partial charge in [-0.25, -0.2) is 0 Å². The zero-order chi connectivity index (χ0) is 9.84. The van der Waals surface area contributed by atoms with Crippen molar-refractivity contribution in [1.29, 1.82) is 0 Å². The molecular formula is C8H14N4O. The van der Waals surface area contributed by atoms with Gasteiger partial charge in [0.2, 0.25) is 0 Å². The van der Waals surface area contributed by atoms with Gasteiger partial charge >= 0.3 is 0 Å². The summed E-state index contributed by atoms with van der Waals surface area (Å²) in [4.78, 5) is 11.4. The van der Waals surface area contributed by atoms with Crippen molar-refractivity contribution >= 4 is 5.91 Å². The van der Waals surface area contributed by atoms with Crippen molar-refractivity contribution < 1.29 is 4.79 Å². The lowest BCUT2D eigenvalue weighted by atomic mass is 10.3. The van der Waals surface area contributed by atoms with Crippen molar-refractivity contribution in [3.05, 3.63) is 18.0 Å². The van der Waals surface area contributed by atoms with Crippen LogP contribution in [-0.2, 0) is 7.05 Å². The largest absolute Gasteiger partial charge is 0.347 e. The average molecular weight is 182 g/mol. The van der Waals surface area contributed by atoms with Gasteiger partial charge in [-0.15, -0.1) is 0 Å². The van der Waals surface area contributed by atoms with Gasteiger partial charge in [0.05, 0.1) is 0 Å². The Bertz CT molecular complexity index is 294. The molecule has 0 aliphatic carbocycles. The first-order valence-electron chi connectivity index (χ1n) is 4.14. The van der Waals surface area contributed by atoms with Crippen LogP contribution in [-0.4, -0.2) is 28.3 Å². The van der Waals surface area contributed by atoms with Crippen molar-refractivity contribution in [3.8, 4) is 0 Å². The van der Waals surface area contributed by atoms with E-state index in [2.05, 4.69) is 10.4 Å². The second kappa shape index (κ2) is 4.04. The topological polar surface area (TPSA) is 72.9 Å². The molecule has 1 rings (SSSR count). The number of carbonyl (C=O) groups excluding carboxylic acids is 1. The molecule has 0 radical (unpaired) electrons. The van der Waals surface area contributed by atoms with E-state index in [1.54, 1.807) is 24.0 Å². The lowest BCUT2D eigenvalue weighted by Crippen LogP contribution is -2.38. The van der Waals surface area contributed by atoms with Gasteiger partial charge in [-0.3, -0.25) is 9.48 Å². The van der Waals surface area contributed by atoms with Crippen LogP contribution in [0.15, 0.2) is 12.3 Å². The molecule has 0 spiro atoms. The molecule has 0 aliphatic heterocycles. The molecular weight excluding hydrogens is 168 g/mol. The predicted molar refractivity (Wildman–Crippen MR) is 49.2 cm³/mol. The molecule has 0 saturated carbocycles. The van der Waals surface area contributed by atoms with E-state index in [1.165, 1.54) is 0 Å². The van der Waals surface area contributed by atoms with E-state index in [0.29, 0.717) is 12.2 Å². The minimum atomic E-state index is -0.182. The maximum atomic E-state index is 11.4. The maximum Gasteiger partial charge on any atom is 0.272 e. The highest BCUT2D eigenvalue weighted by Gasteiger charge is 2.10. The molecule has 1 aromatic rings. The highest BCUT2D eigenvalue weighted by Crippen LogP contribution is 1.94. The van der Waals surface area contributed by atoms with Crippen LogP contribution in [0.25, 0.3) is 0 Å². The summed E-state index contributed by atoms with van der Waals surface area (Å²) >= 11 is 0. The van der Waals surface area contributed by atoms with Crippen LogP contribution in [0.4, 0.5) is 0 Å². The van der Waals surface area contributed by atoms with E-state index in [4.69, 9.17) is 5.73 Å². The van der Waals surface area contributed by atoms with Gasteiger partial charge in [0.25, 0.3) is 5.91 Å². The Morgan fingerprint density at radius 1 is 1.85 bits per heavy atom.